The third-order valence-corrected chi connectivity index (χ3v) is 6.78. The van der Waals surface area contributed by atoms with Gasteiger partial charge in [0.25, 0.3) is 0 Å². The summed E-state index contributed by atoms with van der Waals surface area (Å²) in [6.45, 7) is 3.99. The topological polar surface area (TPSA) is 119 Å². The second-order valence-corrected chi connectivity index (χ2v) is 10.7. The fraction of sp³-hybridized carbons (Fsp3) is 0.300. The molecule has 1 aliphatic heterocycles. The second kappa shape index (κ2) is 10.8. The van der Waals surface area contributed by atoms with Crippen molar-refractivity contribution in [2.75, 3.05) is 4.90 Å². The van der Waals surface area contributed by atoms with Crippen molar-refractivity contribution in [2.45, 2.75) is 51.2 Å². The Labute approximate surface area is 228 Å². The predicted octanol–water partition coefficient (Wildman–Crippen LogP) is 3.64. The number of rotatable bonds is 7. The maximum atomic E-state index is 13.8. The van der Waals surface area contributed by atoms with E-state index in [0.717, 1.165) is 33.5 Å². The van der Waals surface area contributed by atoms with Crippen molar-refractivity contribution in [3.8, 4) is 22.5 Å². The van der Waals surface area contributed by atoms with Gasteiger partial charge in [-0.3, -0.25) is 9.59 Å². The van der Waals surface area contributed by atoms with Crippen LogP contribution in [0, 0.1) is 0 Å². The summed E-state index contributed by atoms with van der Waals surface area (Å²) in [7, 11) is 1.74. The van der Waals surface area contributed by atoms with Crippen molar-refractivity contribution in [2.24, 2.45) is 12.8 Å². The maximum absolute atomic E-state index is 13.8. The highest BCUT2D eigenvalue weighted by Crippen LogP contribution is 2.32. The smallest absolute Gasteiger partial charge is 0.249 e. The Kier molecular flexibility index (Phi) is 7.26. The zero-order chi connectivity index (χ0) is 27.6. The Hall–Kier alpha value is -4.37. The van der Waals surface area contributed by atoms with Crippen molar-refractivity contribution >= 4 is 17.5 Å². The van der Waals surface area contributed by atoms with Crippen LogP contribution in [0.4, 0.5) is 5.69 Å². The van der Waals surface area contributed by atoms with E-state index in [4.69, 9.17) is 5.73 Å². The van der Waals surface area contributed by atoms with E-state index in [-0.39, 0.29) is 18.2 Å². The van der Waals surface area contributed by atoms with Gasteiger partial charge in [-0.25, -0.2) is 0 Å². The summed E-state index contributed by atoms with van der Waals surface area (Å²) in [5.41, 5.74) is 11.2. The number of amides is 2. The highest BCUT2D eigenvalue weighted by atomic mass is 16.2. The van der Waals surface area contributed by atoms with Crippen LogP contribution in [0.5, 0.6) is 0 Å². The SMILES string of the molecule is Cn1nnc(-c2ccccc2-c2ccc(CN3C(=O)[C@H](NC(=O)CC(C)(C)N)CCc4ccccc43)cc2)n1. The van der Waals surface area contributed by atoms with Crippen LogP contribution in [0.2, 0.25) is 0 Å². The largest absolute Gasteiger partial charge is 0.344 e. The predicted molar refractivity (Wildman–Crippen MR) is 150 cm³/mol. The van der Waals surface area contributed by atoms with Gasteiger partial charge >= 0.3 is 0 Å². The summed E-state index contributed by atoms with van der Waals surface area (Å²) in [5.74, 6) is 0.230. The fourth-order valence-corrected chi connectivity index (χ4v) is 4.97. The molecule has 1 atom stereocenters. The molecule has 2 amide bonds. The quantitative estimate of drug-likeness (QED) is 0.382. The minimum atomic E-state index is -0.649. The molecule has 0 unspecified atom stereocenters. The Morgan fingerprint density at radius 2 is 1.72 bits per heavy atom. The van der Waals surface area contributed by atoms with E-state index < -0.39 is 11.6 Å². The molecular formula is C30H33N7O2. The maximum Gasteiger partial charge on any atom is 0.249 e. The molecule has 0 saturated carbocycles. The van der Waals surface area contributed by atoms with Gasteiger partial charge in [0.05, 0.1) is 13.6 Å². The van der Waals surface area contributed by atoms with Crippen LogP contribution in [0.1, 0.15) is 37.8 Å². The molecule has 0 saturated heterocycles. The van der Waals surface area contributed by atoms with Crippen LogP contribution >= 0.6 is 0 Å². The summed E-state index contributed by atoms with van der Waals surface area (Å²) < 4.78 is 0. The number of nitrogens with one attached hydrogen (secondary N) is 1. The number of tetrazole rings is 1. The van der Waals surface area contributed by atoms with Gasteiger partial charge in [0, 0.05) is 23.2 Å². The van der Waals surface area contributed by atoms with Gasteiger partial charge in [-0.2, -0.15) is 4.80 Å². The Balaban J connectivity index is 1.40. The average molecular weight is 524 g/mol. The van der Waals surface area contributed by atoms with Crippen LogP contribution in [-0.4, -0.2) is 43.6 Å². The van der Waals surface area contributed by atoms with Gasteiger partial charge in [0.15, 0.2) is 0 Å². The Morgan fingerprint density at radius 3 is 2.41 bits per heavy atom. The molecule has 0 radical (unpaired) electrons. The Morgan fingerprint density at radius 1 is 1.03 bits per heavy atom. The molecule has 0 spiro atoms. The van der Waals surface area contributed by atoms with Crippen LogP contribution in [0.15, 0.2) is 72.8 Å². The number of hydrogen-bond acceptors (Lipinski definition) is 6. The first-order valence-corrected chi connectivity index (χ1v) is 13.1. The highest BCUT2D eigenvalue weighted by Gasteiger charge is 2.32. The lowest BCUT2D eigenvalue weighted by molar-refractivity contribution is -0.128. The summed E-state index contributed by atoms with van der Waals surface area (Å²) in [6.07, 6.45) is 1.38. The number of nitrogens with two attached hydrogens (primary N) is 1. The van der Waals surface area contributed by atoms with Crippen molar-refractivity contribution in [3.05, 3.63) is 83.9 Å². The van der Waals surface area contributed by atoms with Gasteiger partial charge in [-0.05, 0) is 60.2 Å². The molecule has 9 heteroatoms. The third-order valence-electron chi connectivity index (χ3n) is 6.78. The molecule has 9 nitrogen and oxygen atoms in total. The molecule has 1 aliphatic rings. The van der Waals surface area contributed by atoms with Crippen molar-refractivity contribution < 1.29 is 9.59 Å². The van der Waals surface area contributed by atoms with Gasteiger partial charge in [0.1, 0.15) is 6.04 Å². The number of anilines is 1. The Bertz CT molecular complexity index is 1490. The summed E-state index contributed by atoms with van der Waals surface area (Å²) in [5, 5.41) is 15.4. The normalized spacial score (nSPS) is 15.5. The first-order valence-electron chi connectivity index (χ1n) is 13.1. The summed E-state index contributed by atoms with van der Waals surface area (Å²) >= 11 is 0. The molecule has 0 aliphatic carbocycles. The lowest BCUT2D eigenvalue weighted by atomic mass is 9.98. The van der Waals surface area contributed by atoms with E-state index in [1.807, 2.05) is 72.8 Å². The third kappa shape index (κ3) is 6.04. The standard InChI is InChI=1S/C30H33N7O2/c1-30(2,31)18-27(38)32-25-17-16-22-8-4-7-11-26(22)37(29(25)39)19-20-12-14-21(15-13-20)23-9-5-6-10-24(23)28-33-35-36(3)34-28/h4-15,25H,16-19,31H2,1-3H3,(H,32,38)/t25-/m1/s1. The molecule has 5 rings (SSSR count). The molecule has 2 heterocycles. The lowest BCUT2D eigenvalue weighted by Crippen LogP contribution is -2.49. The number of fused-ring (bicyclic) bond motifs is 1. The molecular weight excluding hydrogens is 490 g/mol. The van der Waals surface area contributed by atoms with Crippen molar-refractivity contribution in [1.82, 2.24) is 25.5 Å². The molecule has 200 valence electrons. The van der Waals surface area contributed by atoms with Crippen LogP contribution in [-0.2, 0) is 29.6 Å². The van der Waals surface area contributed by atoms with Crippen LogP contribution < -0.4 is 16.0 Å². The number of aryl methyl sites for hydroxylation is 2. The number of carbonyl (C=O) groups is 2. The number of hydrogen-bond donors (Lipinski definition) is 2. The molecule has 0 bridgehead atoms. The number of aromatic nitrogens is 4. The van der Waals surface area contributed by atoms with E-state index in [9.17, 15) is 9.59 Å². The minimum absolute atomic E-state index is 0.119. The van der Waals surface area contributed by atoms with Crippen LogP contribution in [0.3, 0.4) is 0 Å². The molecule has 0 fully saturated rings. The summed E-state index contributed by atoms with van der Waals surface area (Å²) in [4.78, 5) is 29.6. The summed E-state index contributed by atoms with van der Waals surface area (Å²) in [6, 6.07) is 23.4. The van der Waals surface area contributed by atoms with E-state index >= 15 is 0 Å². The number of benzene rings is 3. The molecule has 1 aromatic heterocycles. The van der Waals surface area contributed by atoms with E-state index in [1.54, 1.807) is 25.8 Å². The van der Waals surface area contributed by atoms with Gasteiger partial charge in [-0.15, -0.1) is 10.2 Å². The molecule has 3 N–H and O–H groups in total. The van der Waals surface area contributed by atoms with Gasteiger partial charge < -0.3 is 16.0 Å². The first kappa shape index (κ1) is 26.2. The number of para-hydroxylation sites is 1. The number of nitrogens with zero attached hydrogens (tertiary/aromatic N) is 5. The minimum Gasteiger partial charge on any atom is -0.344 e. The number of carbonyl (C=O) groups excluding carboxylic acids is 2. The first-order chi connectivity index (χ1) is 18.7. The zero-order valence-electron chi connectivity index (χ0n) is 22.5. The molecule has 4 aromatic rings. The average Bonchev–Trinajstić information content (AvgIpc) is 3.30. The van der Waals surface area contributed by atoms with E-state index in [0.29, 0.717) is 25.2 Å². The van der Waals surface area contributed by atoms with E-state index in [2.05, 4.69) is 20.7 Å². The van der Waals surface area contributed by atoms with E-state index in [1.165, 1.54) is 4.80 Å². The lowest BCUT2D eigenvalue weighted by Gasteiger charge is -2.27. The van der Waals surface area contributed by atoms with Crippen LogP contribution in [0.25, 0.3) is 22.5 Å². The van der Waals surface area contributed by atoms with Crippen molar-refractivity contribution in [3.63, 3.8) is 0 Å². The van der Waals surface area contributed by atoms with Gasteiger partial charge in [0.2, 0.25) is 17.6 Å². The monoisotopic (exact) mass is 523 g/mol. The fourth-order valence-electron chi connectivity index (χ4n) is 4.97. The zero-order valence-corrected chi connectivity index (χ0v) is 22.5. The molecule has 3 aromatic carbocycles. The molecule has 39 heavy (non-hydrogen) atoms. The highest BCUT2D eigenvalue weighted by molar-refractivity contribution is 6.00. The van der Waals surface area contributed by atoms with Crippen molar-refractivity contribution in [1.29, 1.82) is 0 Å². The van der Waals surface area contributed by atoms with Gasteiger partial charge in [-0.1, -0.05) is 66.7 Å². The second-order valence-electron chi connectivity index (χ2n) is 10.7.